The molecule has 0 aliphatic carbocycles. The Morgan fingerprint density at radius 3 is 2.26 bits per heavy atom. The Bertz CT molecular complexity index is 1140. The maximum absolute atomic E-state index is 13.5. The van der Waals surface area contributed by atoms with Gasteiger partial charge in [-0.05, 0) is 30.3 Å². The van der Waals surface area contributed by atoms with Gasteiger partial charge < -0.3 is 9.47 Å². The van der Waals surface area contributed by atoms with E-state index in [-0.39, 0.29) is 10.6 Å². The fourth-order valence-corrected chi connectivity index (χ4v) is 3.39. The van der Waals surface area contributed by atoms with Crippen molar-refractivity contribution in [3.8, 4) is 33.5 Å². The van der Waals surface area contributed by atoms with E-state index >= 15 is 0 Å². The maximum atomic E-state index is 13.5. The number of halogens is 3. The van der Waals surface area contributed by atoms with Crippen LogP contribution in [0.2, 0.25) is 0 Å². The zero-order valence-corrected chi connectivity index (χ0v) is 14.9. The third-order valence-electron chi connectivity index (χ3n) is 3.86. The van der Waals surface area contributed by atoms with E-state index in [2.05, 4.69) is 15.3 Å². The molecule has 0 unspecified atom stereocenters. The van der Waals surface area contributed by atoms with E-state index in [1.165, 1.54) is 18.7 Å². The fourth-order valence-electron chi connectivity index (χ4n) is 2.57. The number of methoxy groups -OCH3 is 2. The number of hydrogen-bond donors (Lipinski definition) is 0. The summed E-state index contributed by atoms with van der Waals surface area (Å²) in [6.07, 6.45) is 0. The normalized spacial score (nSPS) is 11.1. The molecule has 0 atom stereocenters. The SMILES string of the molecule is COc1ccc(-c2nnc3sc(-c4cc(F)c(F)c(F)c4)nn23)cc1OC. The van der Waals surface area contributed by atoms with Crippen LogP contribution in [0.5, 0.6) is 11.5 Å². The van der Waals surface area contributed by atoms with Gasteiger partial charge in [-0.1, -0.05) is 11.3 Å². The molecule has 10 heteroatoms. The summed E-state index contributed by atoms with van der Waals surface area (Å²) in [5.41, 5.74) is 0.772. The highest BCUT2D eigenvalue weighted by Gasteiger charge is 2.18. The molecule has 138 valence electrons. The molecule has 0 fully saturated rings. The van der Waals surface area contributed by atoms with Gasteiger partial charge in [-0.15, -0.1) is 10.2 Å². The lowest BCUT2D eigenvalue weighted by molar-refractivity contribution is 0.355. The molecule has 0 saturated heterocycles. The van der Waals surface area contributed by atoms with Crippen molar-refractivity contribution in [2.24, 2.45) is 0 Å². The average Bonchev–Trinajstić information content (AvgIpc) is 3.26. The van der Waals surface area contributed by atoms with E-state index in [0.29, 0.717) is 27.8 Å². The fraction of sp³-hybridized carbons (Fsp3) is 0.118. The molecule has 0 amide bonds. The molecular formula is C17H11F3N4O2S. The van der Waals surface area contributed by atoms with Crippen molar-refractivity contribution in [2.45, 2.75) is 0 Å². The molecule has 4 aromatic rings. The molecule has 0 aliphatic rings. The lowest BCUT2D eigenvalue weighted by Gasteiger charge is -2.08. The maximum Gasteiger partial charge on any atom is 0.235 e. The Hall–Kier alpha value is -3.14. The van der Waals surface area contributed by atoms with Gasteiger partial charge in [0, 0.05) is 11.1 Å². The Labute approximate surface area is 154 Å². The van der Waals surface area contributed by atoms with E-state index in [4.69, 9.17) is 9.47 Å². The van der Waals surface area contributed by atoms with Gasteiger partial charge in [0.05, 0.1) is 14.2 Å². The van der Waals surface area contributed by atoms with Crippen molar-refractivity contribution in [2.75, 3.05) is 14.2 Å². The van der Waals surface area contributed by atoms with Crippen molar-refractivity contribution < 1.29 is 22.6 Å². The van der Waals surface area contributed by atoms with Crippen molar-refractivity contribution in [3.05, 3.63) is 47.8 Å². The number of nitrogens with zero attached hydrogens (tertiary/aromatic N) is 4. The number of ether oxygens (including phenoxy) is 2. The molecule has 0 aliphatic heterocycles. The minimum Gasteiger partial charge on any atom is -0.493 e. The standard InChI is InChI=1S/C17H11F3N4O2S/c1-25-12-4-3-8(7-13(12)26-2)15-21-22-17-24(15)23-16(27-17)9-5-10(18)14(20)11(19)6-9/h3-7H,1-2H3. The van der Waals surface area contributed by atoms with Crippen molar-refractivity contribution in [1.29, 1.82) is 0 Å². The summed E-state index contributed by atoms with van der Waals surface area (Å²) in [6, 6.07) is 6.97. The molecule has 0 radical (unpaired) electrons. The predicted molar refractivity (Wildman–Crippen MR) is 92.5 cm³/mol. The van der Waals surface area contributed by atoms with Crippen LogP contribution in [0.25, 0.3) is 26.9 Å². The van der Waals surface area contributed by atoms with Gasteiger partial charge in [-0.3, -0.25) is 0 Å². The Morgan fingerprint density at radius 1 is 0.889 bits per heavy atom. The second kappa shape index (κ2) is 6.54. The molecule has 0 spiro atoms. The van der Waals surface area contributed by atoms with E-state index in [0.717, 1.165) is 23.5 Å². The first-order valence-electron chi connectivity index (χ1n) is 7.61. The molecular weight excluding hydrogens is 381 g/mol. The van der Waals surface area contributed by atoms with Crippen LogP contribution in [0.3, 0.4) is 0 Å². The van der Waals surface area contributed by atoms with Gasteiger partial charge in [0.1, 0.15) is 5.01 Å². The Balaban J connectivity index is 1.82. The molecule has 0 saturated carbocycles. The highest BCUT2D eigenvalue weighted by atomic mass is 32.1. The van der Waals surface area contributed by atoms with Crippen LogP contribution in [-0.2, 0) is 0 Å². The van der Waals surface area contributed by atoms with Gasteiger partial charge in [-0.25, -0.2) is 13.2 Å². The monoisotopic (exact) mass is 392 g/mol. The highest BCUT2D eigenvalue weighted by molar-refractivity contribution is 7.19. The molecule has 2 aromatic carbocycles. The molecule has 2 heterocycles. The van der Waals surface area contributed by atoms with E-state index in [1.54, 1.807) is 18.2 Å². The number of fused-ring (bicyclic) bond motifs is 1. The van der Waals surface area contributed by atoms with Crippen molar-refractivity contribution >= 4 is 16.3 Å². The van der Waals surface area contributed by atoms with Crippen LogP contribution in [0.4, 0.5) is 13.2 Å². The largest absolute Gasteiger partial charge is 0.493 e. The third-order valence-corrected chi connectivity index (χ3v) is 4.81. The molecule has 0 N–H and O–H groups in total. The summed E-state index contributed by atoms with van der Waals surface area (Å²) in [4.78, 5) is 0.417. The first kappa shape index (κ1) is 17.3. The summed E-state index contributed by atoms with van der Waals surface area (Å²) in [7, 11) is 3.04. The predicted octanol–water partition coefficient (Wildman–Crippen LogP) is 3.95. The summed E-state index contributed by atoms with van der Waals surface area (Å²) < 4.78 is 52.1. The first-order chi connectivity index (χ1) is 13.0. The second-order valence-corrected chi connectivity index (χ2v) is 6.40. The molecule has 2 aromatic heterocycles. The van der Waals surface area contributed by atoms with Crippen LogP contribution >= 0.6 is 11.3 Å². The number of hydrogen-bond acceptors (Lipinski definition) is 6. The van der Waals surface area contributed by atoms with Crippen LogP contribution in [0, 0.1) is 17.5 Å². The summed E-state index contributed by atoms with van der Waals surface area (Å²) >= 11 is 1.07. The molecule has 4 rings (SSSR count). The van der Waals surface area contributed by atoms with Crippen LogP contribution in [0.15, 0.2) is 30.3 Å². The Kier molecular flexibility index (Phi) is 4.19. The van der Waals surface area contributed by atoms with Gasteiger partial charge in [0.15, 0.2) is 34.8 Å². The second-order valence-electron chi connectivity index (χ2n) is 5.45. The van der Waals surface area contributed by atoms with Gasteiger partial charge in [0.2, 0.25) is 4.96 Å². The number of aromatic nitrogens is 4. The summed E-state index contributed by atoms with van der Waals surface area (Å²) in [6.45, 7) is 0. The zero-order chi connectivity index (χ0) is 19.1. The lowest BCUT2D eigenvalue weighted by atomic mass is 10.2. The number of benzene rings is 2. The summed E-state index contributed by atoms with van der Waals surface area (Å²) in [5, 5.41) is 12.7. The van der Waals surface area contributed by atoms with Crippen LogP contribution in [-0.4, -0.2) is 34.0 Å². The first-order valence-corrected chi connectivity index (χ1v) is 8.43. The third kappa shape index (κ3) is 2.87. The minimum absolute atomic E-state index is 0.111. The lowest BCUT2D eigenvalue weighted by Crippen LogP contribution is -1.95. The van der Waals surface area contributed by atoms with E-state index in [9.17, 15) is 13.2 Å². The van der Waals surface area contributed by atoms with Crippen LogP contribution < -0.4 is 9.47 Å². The average molecular weight is 392 g/mol. The van der Waals surface area contributed by atoms with Gasteiger partial charge >= 0.3 is 0 Å². The van der Waals surface area contributed by atoms with Gasteiger partial charge in [-0.2, -0.15) is 9.61 Å². The number of rotatable bonds is 4. The zero-order valence-electron chi connectivity index (χ0n) is 14.0. The van der Waals surface area contributed by atoms with Crippen molar-refractivity contribution in [1.82, 2.24) is 19.8 Å². The molecule has 6 nitrogen and oxygen atoms in total. The molecule has 0 bridgehead atoms. The van der Waals surface area contributed by atoms with E-state index < -0.39 is 17.5 Å². The smallest absolute Gasteiger partial charge is 0.235 e. The van der Waals surface area contributed by atoms with Gasteiger partial charge in [0.25, 0.3) is 0 Å². The minimum atomic E-state index is -1.52. The Morgan fingerprint density at radius 2 is 1.59 bits per heavy atom. The quantitative estimate of drug-likeness (QED) is 0.492. The topological polar surface area (TPSA) is 61.5 Å². The van der Waals surface area contributed by atoms with Crippen LogP contribution in [0.1, 0.15) is 0 Å². The van der Waals surface area contributed by atoms with E-state index in [1.807, 2.05) is 0 Å². The van der Waals surface area contributed by atoms with Crippen molar-refractivity contribution in [3.63, 3.8) is 0 Å². The molecule has 27 heavy (non-hydrogen) atoms. The highest BCUT2D eigenvalue weighted by Crippen LogP contribution is 2.33. The summed E-state index contributed by atoms with van der Waals surface area (Å²) in [5.74, 6) is -2.61.